The molecule has 0 atom stereocenters. The van der Waals surface area contributed by atoms with Crippen LogP contribution in [0.5, 0.6) is 0 Å². The quantitative estimate of drug-likeness (QED) is 0.527. The number of methoxy groups -OCH3 is 1. The highest BCUT2D eigenvalue weighted by Gasteiger charge is 2.32. The van der Waals surface area contributed by atoms with Gasteiger partial charge in [0.05, 0.1) is 18.4 Å². The molecule has 31 heavy (non-hydrogen) atoms. The summed E-state index contributed by atoms with van der Waals surface area (Å²) in [6.45, 7) is 1.31. The molecule has 0 unspecified atom stereocenters. The molecule has 164 valence electrons. The van der Waals surface area contributed by atoms with Gasteiger partial charge in [-0.1, -0.05) is 23.7 Å². The number of ether oxygens (including phenoxy) is 1. The van der Waals surface area contributed by atoms with Gasteiger partial charge in [-0.15, -0.1) is 0 Å². The van der Waals surface area contributed by atoms with Crippen LogP contribution in [-0.4, -0.2) is 26.5 Å². The standard InChI is InChI=1S/C19H14ClF3N2O5S/c1-10-9-12(19(21,22)23)5-8-14(10)25-31(27,28)18-24-15(16(30-18)17(26)29-2)11-3-6-13(20)7-4-11/h3-9,25H,1-2H3. The maximum absolute atomic E-state index is 12.8. The molecule has 0 radical (unpaired) electrons. The number of anilines is 1. The Morgan fingerprint density at radius 1 is 1.16 bits per heavy atom. The maximum atomic E-state index is 12.8. The Bertz CT molecular complexity index is 1240. The van der Waals surface area contributed by atoms with Crippen molar-refractivity contribution in [2.75, 3.05) is 11.8 Å². The monoisotopic (exact) mass is 474 g/mol. The number of nitrogens with zero attached hydrogens (tertiary/aromatic N) is 1. The van der Waals surface area contributed by atoms with Crippen LogP contribution in [-0.2, 0) is 20.9 Å². The van der Waals surface area contributed by atoms with Gasteiger partial charge < -0.3 is 9.15 Å². The SMILES string of the molecule is COC(=O)c1oc(S(=O)(=O)Nc2ccc(C(F)(F)F)cc2C)nc1-c1ccc(Cl)cc1. The number of alkyl halides is 3. The number of sulfonamides is 1. The van der Waals surface area contributed by atoms with Gasteiger partial charge >= 0.3 is 27.4 Å². The van der Waals surface area contributed by atoms with E-state index in [2.05, 4.69) is 14.4 Å². The summed E-state index contributed by atoms with van der Waals surface area (Å²) in [6.07, 6.45) is -4.58. The van der Waals surface area contributed by atoms with Gasteiger partial charge in [0.15, 0.2) is 0 Å². The second kappa shape index (κ2) is 8.23. The predicted molar refractivity (Wildman–Crippen MR) is 105 cm³/mol. The number of rotatable bonds is 5. The van der Waals surface area contributed by atoms with Crippen molar-refractivity contribution in [2.24, 2.45) is 0 Å². The highest BCUT2D eigenvalue weighted by atomic mass is 35.5. The van der Waals surface area contributed by atoms with Crippen LogP contribution in [0.15, 0.2) is 52.1 Å². The number of oxazole rings is 1. The summed E-state index contributed by atoms with van der Waals surface area (Å²) >= 11 is 5.84. The van der Waals surface area contributed by atoms with Crippen molar-refractivity contribution < 1.29 is 35.5 Å². The van der Waals surface area contributed by atoms with Crippen LogP contribution < -0.4 is 4.72 Å². The largest absolute Gasteiger partial charge is 0.463 e. The third kappa shape index (κ3) is 4.83. The second-order valence-corrected chi connectivity index (χ2v) is 8.29. The van der Waals surface area contributed by atoms with Crippen molar-refractivity contribution in [1.29, 1.82) is 0 Å². The van der Waals surface area contributed by atoms with Crippen molar-refractivity contribution >= 4 is 33.3 Å². The van der Waals surface area contributed by atoms with Crippen LogP contribution in [0.25, 0.3) is 11.3 Å². The molecule has 1 heterocycles. The first-order chi connectivity index (χ1) is 14.4. The molecule has 0 fully saturated rings. The molecule has 1 N–H and O–H groups in total. The normalized spacial score (nSPS) is 11.9. The summed E-state index contributed by atoms with van der Waals surface area (Å²) in [7, 11) is -3.41. The van der Waals surface area contributed by atoms with E-state index in [1.54, 1.807) is 0 Å². The van der Waals surface area contributed by atoms with Crippen molar-refractivity contribution in [2.45, 2.75) is 18.3 Å². The molecule has 12 heteroatoms. The van der Waals surface area contributed by atoms with E-state index in [9.17, 15) is 26.4 Å². The molecule has 1 aromatic heterocycles. The van der Waals surface area contributed by atoms with E-state index in [-0.39, 0.29) is 16.9 Å². The third-order valence-electron chi connectivity index (χ3n) is 4.12. The zero-order chi connectivity index (χ0) is 23.0. The number of halogens is 4. The van der Waals surface area contributed by atoms with E-state index in [1.807, 2.05) is 0 Å². The highest BCUT2D eigenvalue weighted by Crippen LogP contribution is 2.33. The van der Waals surface area contributed by atoms with Gasteiger partial charge in [-0.3, -0.25) is 4.72 Å². The third-order valence-corrected chi connectivity index (χ3v) is 5.50. The lowest BCUT2D eigenvalue weighted by Crippen LogP contribution is -2.15. The van der Waals surface area contributed by atoms with Crippen LogP contribution in [0, 0.1) is 6.92 Å². The van der Waals surface area contributed by atoms with Gasteiger partial charge in [0.25, 0.3) is 0 Å². The van der Waals surface area contributed by atoms with Crippen molar-refractivity contribution in [1.82, 2.24) is 4.98 Å². The van der Waals surface area contributed by atoms with Crippen molar-refractivity contribution in [3.8, 4) is 11.3 Å². The van der Waals surface area contributed by atoms with Crippen LogP contribution in [0.4, 0.5) is 18.9 Å². The van der Waals surface area contributed by atoms with E-state index < -0.39 is 38.7 Å². The first kappa shape index (κ1) is 22.6. The number of aromatic nitrogens is 1. The molecule has 7 nitrogen and oxygen atoms in total. The number of benzene rings is 2. The van der Waals surface area contributed by atoms with Gasteiger partial charge in [0.2, 0.25) is 5.76 Å². The van der Waals surface area contributed by atoms with E-state index in [0.29, 0.717) is 10.6 Å². The van der Waals surface area contributed by atoms with Crippen LogP contribution in [0.2, 0.25) is 5.02 Å². The Morgan fingerprint density at radius 3 is 2.35 bits per heavy atom. The number of esters is 1. The number of hydrogen-bond acceptors (Lipinski definition) is 6. The number of aryl methyl sites for hydroxylation is 1. The summed E-state index contributed by atoms with van der Waals surface area (Å²) in [5, 5.41) is -0.462. The molecule has 0 saturated heterocycles. The summed E-state index contributed by atoms with van der Waals surface area (Å²) in [6, 6.07) is 8.51. The Balaban J connectivity index is 2.02. The van der Waals surface area contributed by atoms with E-state index >= 15 is 0 Å². The first-order valence-corrected chi connectivity index (χ1v) is 10.3. The maximum Gasteiger partial charge on any atom is 0.416 e. The molecule has 0 saturated carbocycles. The molecule has 3 aromatic rings. The molecule has 3 rings (SSSR count). The summed E-state index contributed by atoms with van der Waals surface area (Å²) < 4.78 is 75.8. The molecule has 0 aliphatic carbocycles. The number of carbonyl (C=O) groups excluding carboxylic acids is 1. The fourth-order valence-corrected chi connectivity index (χ4v) is 3.73. The molecule has 0 aliphatic rings. The van der Waals surface area contributed by atoms with E-state index in [1.165, 1.54) is 31.2 Å². The Hall–Kier alpha value is -3.05. The molecule has 2 aromatic carbocycles. The molecule has 0 aliphatic heterocycles. The minimum atomic E-state index is -4.58. The Morgan fingerprint density at radius 2 is 1.81 bits per heavy atom. The average molecular weight is 475 g/mol. The molecular formula is C19H14ClF3N2O5S. The topological polar surface area (TPSA) is 98.5 Å². The minimum Gasteiger partial charge on any atom is -0.463 e. The average Bonchev–Trinajstić information content (AvgIpc) is 3.15. The van der Waals surface area contributed by atoms with Gasteiger partial charge in [-0.25, -0.2) is 4.79 Å². The van der Waals surface area contributed by atoms with Crippen molar-refractivity contribution in [3.63, 3.8) is 0 Å². The molecule has 0 bridgehead atoms. The number of hydrogen-bond donors (Lipinski definition) is 1. The van der Waals surface area contributed by atoms with Crippen LogP contribution in [0.1, 0.15) is 21.7 Å². The highest BCUT2D eigenvalue weighted by molar-refractivity contribution is 7.92. The summed E-state index contributed by atoms with van der Waals surface area (Å²) in [4.78, 5) is 15.9. The van der Waals surface area contributed by atoms with E-state index in [0.717, 1.165) is 25.3 Å². The fourth-order valence-electron chi connectivity index (χ4n) is 2.59. The fraction of sp³-hybridized carbons (Fsp3) is 0.158. The minimum absolute atomic E-state index is 0.0241. The Labute approximate surface area is 179 Å². The zero-order valence-electron chi connectivity index (χ0n) is 16.0. The predicted octanol–water partition coefficient (Wildman–Crippen LogP) is 4.91. The smallest absolute Gasteiger partial charge is 0.416 e. The lowest BCUT2D eigenvalue weighted by Gasteiger charge is -2.12. The second-order valence-electron chi connectivity index (χ2n) is 6.29. The summed E-state index contributed by atoms with van der Waals surface area (Å²) in [5.41, 5.74) is -0.786. The number of carbonyl (C=O) groups is 1. The zero-order valence-corrected chi connectivity index (χ0v) is 17.5. The van der Waals surface area contributed by atoms with Crippen LogP contribution >= 0.6 is 11.6 Å². The molecule has 0 spiro atoms. The summed E-state index contributed by atoms with van der Waals surface area (Å²) in [5.74, 6) is -1.43. The van der Waals surface area contributed by atoms with Gasteiger partial charge in [-0.2, -0.15) is 26.6 Å². The van der Waals surface area contributed by atoms with Gasteiger partial charge in [-0.05, 0) is 42.8 Å². The number of nitrogens with one attached hydrogen (secondary N) is 1. The first-order valence-electron chi connectivity index (χ1n) is 8.48. The van der Waals surface area contributed by atoms with Gasteiger partial charge in [0.1, 0.15) is 5.69 Å². The van der Waals surface area contributed by atoms with Gasteiger partial charge in [0, 0.05) is 10.6 Å². The lowest BCUT2D eigenvalue weighted by molar-refractivity contribution is -0.137. The van der Waals surface area contributed by atoms with E-state index in [4.69, 9.17) is 16.0 Å². The lowest BCUT2D eigenvalue weighted by atomic mass is 10.1. The Kier molecular flexibility index (Phi) is 6.01. The molecule has 0 amide bonds. The van der Waals surface area contributed by atoms with Crippen molar-refractivity contribution in [3.05, 3.63) is 64.4 Å². The van der Waals surface area contributed by atoms with Crippen LogP contribution in [0.3, 0.4) is 0 Å². The molecular weight excluding hydrogens is 461 g/mol.